The highest BCUT2D eigenvalue weighted by atomic mass is 16.5. The fraction of sp³-hybridized carbons (Fsp3) is 0.400. The normalized spacial score (nSPS) is 9.60. The van der Waals surface area contributed by atoms with Gasteiger partial charge in [-0.05, 0) is 6.92 Å². The Bertz CT molecular complexity index is 352. The van der Waals surface area contributed by atoms with Crippen LogP contribution in [0.1, 0.15) is 12.6 Å². The number of amides is 1. The summed E-state index contributed by atoms with van der Waals surface area (Å²) in [6.45, 7) is 3.24. The summed E-state index contributed by atoms with van der Waals surface area (Å²) >= 11 is 0. The second-order valence-electron chi connectivity index (χ2n) is 3.03. The van der Waals surface area contributed by atoms with Crippen molar-refractivity contribution >= 4 is 11.6 Å². The summed E-state index contributed by atoms with van der Waals surface area (Å²) < 4.78 is 10.2. The van der Waals surface area contributed by atoms with E-state index < -0.39 is 0 Å². The van der Waals surface area contributed by atoms with Crippen molar-refractivity contribution in [2.75, 3.05) is 19.5 Å². The van der Waals surface area contributed by atoms with Gasteiger partial charge in [0.15, 0.2) is 0 Å². The van der Waals surface area contributed by atoms with Gasteiger partial charge in [0.1, 0.15) is 11.4 Å². The number of ether oxygens (including phenoxy) is 2. The van der Waals surface area contributed by atoms with Gasteiger partial charge in [0, 0.05) is 18.7 Å². The van der Waals surface area contributed by atoms with Crippen LogP contribution in [-0.2, 0) is 4.79 Å². The minimum absolute atomic E-state index is 0.197. The number of carbonyl (C=O) groups is 1. The van der Waals surface area contributed by atoms with E-state index >= 15 is 0 Å². The number of carbonyl (C=O) groups excluding carboxylic acids is 1. The first-order valence-electron chi connectivity index (χ1n) is 4.45. The predicted octanol–water partition coefficient (Wildman–Crippen LogP) is 1.37. The lowest BCUT2D eigenvalue weighted by molar-refractivity contribution is -0.114. The molecule has 5 heteroatoms. The van der Waals surface area contributed by atoms with E-state index in [-0.39, 0.29) is 5.91 Å². The third-order valence-electron chi connectivity index (χ3n) is 1.79. The van der Waals surface area contributed by atoms with Crippen molar-refractivity contribution in [1.29, 1.82) is 0 Å². The highest BCUT2D eigenvalue weighted by molar-refractivity contribution is 5.92. The Balaban J connectivity index is 3.23. The monoisotopic (exact) mass is 210 g/mol. The molecule has 0 atom stereocenters. The molecule has 0 aromatic carbocycles. The van der Waals surface area contributed by atoms with Gasteiger partial charge in [-0.2, -0.15) is 0 Å². The molecule has 0 radical (unpaired) electrons. The maximum Gasteiger partial charge on any atom is 0.241 e. The molecule has 0 aliphatic rings. The van der Waals surface area contributed by atoms with Gasteiger partial charge < -0.3 is 14.8 Å². The molecule has 15 heavy (non-hydrogen) atoms. The summed E-state index contributed by atoms with van der Waals surface area (Å²) in [6, 6.07) is 1.73. The molecule has 1 aromatic rings. The zero-order chi connectivity index (χ0) is 11.4. The van der Waals surface area contributed by atoms with Gasteiger partial charge in [-0.1, -0.05) is 0 Å². The third-order valence-corrected chi connectivity index (χ3v) is 1.79. The molecule has 5 nitrogen and oxygen atoms in total. The van der Waals surface area contributed by atoms with E-state index in [0.717, 1.165) is 5.69 Å². The largest absolute Gasteiger partial charge is 0.494 e. The Kier molecular flexibility index (Phi) is 3.49. The topological polar surface area (TPSA) is 60.5 Å². The van der Waals surface area contributed by atoms with Crippen LogP contribution < -0.4 is 14.8 Å². The van der Waals surface area contributed by atoms with E-state index in [0.29, 0.717) is 17.3 Å². The number of pyridine rings is 1. The molecule has 0 bridgehead atoms. The van der Waals surface area contributed by atoms with Gasteiger partial charge in [-0.3, -0.25) is 4.79 Å². The van der Waals surface area contributed by atoms with Crippen molar-refractivity contribution in [3.05, 3.63) is 11.8 Å². The summed E-state index contributed by atoms with van der Waals surface area (Å²) in [5, 5.41) is 2.62. The SMILES string of the molecule is COc1cc(C)nc(OC)c1NC(C)=O. The molecular weight excluding hydrogens is 196 g/mol. The number of methoxy groups -OCH3 is 2. The molecule has 1 N–H and O–H groups in total. The van der Waals surface area contributed by atoms with E-state index in [1.54, 1.807) is 6.07 Å². The predicted molar refractivity (Wildman–Crippen MR) is 56.4 cm³/mol. The van der Waals surface area contributed by atoms with Crippen LogP contribution in [0.5, 0.6) is 11.6 Å². The Morgan fingerprint density at radius 2 is 2.07 bits per heavy atom. The smallest absolute Gasteiger partial charge is 0.241 e. The molecule has 1 aromatic heterocycles. The maximum atomic E-state index is 11.0. The lowest BCUT2D eigenvalue weighted by atomic mass is 10.3. The molecule has 0 saturated carbocycles. The number of nitrogens with zero attached hydrogens (tertiary/aromatic N) is 1. The lowest BCUT2D eigenvalue weighted by Crippen LogP contribution is -2.10. The van der Waals surface area contributed by atoms with Crippen LogP contribution in [0, 0.1) is 6.92 Å². The van der Waals surface area contributed by atoms with Gasteiger partial charge >= 0.3 is 0 Å². The molecule has 82 valence electrons. The highest BCUT2D eigenvalue weighted by Gasteiger charge is 2.13. The minimum atomic E-state index is -0.197. The molecule has 0 aliphatic heterocycles. The Hall–Kier alpha value is -1.78. The number of rotatable bonds is 3. The summed E-state index contributed by atoms with van der Waals surface area (Å²) in [7, 11) is 3.02. The Morgan fingerprint density at radius 3 is 2.53 bits per heavy atom. The van der Waals surface area contributed by atoms with Crippen LogP contribution in [0.2, 0.25) is 0 Å². The molecule has 0 spiro atoms. The van der Waals surface area contributed by atoms with Crippen molar-refractivity contribution < 1.29 is 14.3 Å². The molecule has 1 amide bonds. The van der Waals surface area contributed by atoms with Crippen molar-refractivity contribution in [2.24, 2.45) is 0 Å². The van der Waals surface area contributed by atoms with Crippen LogP contribution >= 0.6 is 0 Å². The van der Waals surface area contributed by atoms with E-state index in [1.807, 2.05) is 6.92 Å². The molecule has 0 fully saturated rings. The number of aromatic nitrogens is 1. The number of anilines is 1. The van der Waals surface area contributed by atoms with E-state index in [1.165, 1.54) is 21.1 Å². The first-order chi connectivity index (χ1) is 7.08. The van der Waals surface area contributed by atoms with E-state index in [9.17, 15) is 4.79 Å². The molecule has 0 unspecified atom stereocenters. The fourth-order valence-electron chi connectivity index (χ4n) is 1.22. The second-order valence-corrected chi connectivity index (χ2v) is 3.03. The van der Waals surface area contributed by atoms with Crippen LogP contribution in [0.15, 0.2) is 6.07 Å². The summed E-state index contributed by atoms with van der Waals surface area (Å²) in [4.78, 5) is 15.1. The average molecular weight is 210 g/mol. The van der Waals surface area contributed by atoms with Crippen molar-refractivity contribution in [2.45, 2.75) is 13.8 Å². The van der Waals surface area contributed by atoms with E-state index in [4.69, 9.17) is 9.47 Å². The quantitative estimate of drug-likeness (QED) is 0.818. The second kappa shape index (κ2) is 4.63. The highest BCUT2D eigenvalue weighted by Crippen LogP contribution is 2.33. The van der Waals surface area contributed by atoms with Crippen LogP contribution in [0.3, 0.4) is 0 Å². The number of aryl methyl sites for hydroxylation is 1. The molecular formula is C10H14N2O3. The molecule has 0 aliphatic carbocycles. The maximum absolute atomic E-state index is 11.0. The first-order valence-corrected chi connectivity index (χ1v) is 4.45. The molecule has 0 saturated heterocycles. The van der Waals surface area contributed by atoms with Gasteiger partial charge in [0.2, 0.25) is 11.8 Å². The fourth-order valence-corrected chi connectivity index (χ4v) is 1.22. The average Bonchev–Trinajstić information content (AvgIpc) is 2.19. The molecule has 1 heterocycles. The number of nitrogens with one attached hydrogen (secondary N) is 1. The summed E-state index contributed by atoms with van der Waals surface area (Å²) in [6.07, 6.45) is 0. The standard InChI is InChI=1S/C10H14N2O3/c1-6-5-8(14-3)9(12-7(2)13)10(11-6)15-4/h5H,1-4H3,(H,12,13). The third kappa shape index (κ3) is 2.59. The van der Waals surface area contributed by atoms with Gasteiger partial charge in [0.25, 0.3) is 0 Å². The Morgan fingerprint density at radius 1 is 1.40 bits per heavy atom. The minimum Gasteiger partial charge on any atom is -0.494 e. The zero-order valence-electron chi connectivity index (χ0n) is 9.25. The van der Waals surface area contributed by atoms with Crippen LogP contribution in [-0.4, -0.2) is 25.1 Å². The van der Waals surface area contributed by atoms with E-state index in [2.05, 4.69) is 10.3 Å². The van der Waals surface area contributed by atoms with Crippen LogP contribution in [0.4, 0.5) is 5.69 Å². The van der Waals surface area contributed by atoms with Crippen molar-refractivity contribution in [1.82, 2.24) is 4.98 Å². The number of hydrogen-bond donors (Lipinski definition) is 1. The summed E-state index contributed by atoms with van der Waals surface area (Å²) in [5.74, 6) is 0.689. The Labute approximate surface area is 88.4 Å². The van der Waals surface area contributed by atoms with Gasteiger partial charge in [0.05, 0.1) is 14.2 Å². The van der Waals surface area contributed by atoms with Gasteiger partial charge in [-0.15, -0.1) is 0 Å². The van der Waals surface area contributed by atoms with Crippen LogP contribution in [0.25, 0.3) is 0 Å². The molecule has 1 rings (SSSR count). The lowest BCUT2D eigenvalue weighted by Gasteiger charge is -2.12. The first kappa shape index (κ1) is 11.3. The zero-order valence-corrected chi connectivity index (χ0v) is 9.25. The number of hydrogen-bond acceptors (Lipinski definition) is 4. The van der Waals surface area contributed by atoms with Crippen molar-refractivity contribution in [3.8, 4) is 11.6 Å². The van der Waals surface area contributed by atoms with Crippen molar-refractivity contribution in [3.63, 3.8) is 0 Å². The summed E-state index contributed by atoms with van der Waals surface area (Å²) in [5.41, 5.74) is 1.22. The van der Waals surface area contributed by atoms with Gasteiger partial charge in [-0.25, -0.2) is 4.98 Å².